The van der Waals surface area contributed by atoms with Gasteiger partial charge in [-0.25, -0.2) is 18.4 Å². The van der Waals surface area contributed by atoms with Gasteiger partial charge in [0.15, 0.2) is 9.84 Å². The highest BCUT2D eigenvalue weighted by molar-refractivity contribution is 7.90. The van der Waals surface area contributed by atoms with E-state index in [0.717, 1.165) is 17.6 Å². The van der Waals surface area contributed by atoms with Crippen LogP contribution in [-0.2, 0) is 9.84 Å². The molecule has 28 heavy (non-hydrogen) atoms. The lowest BCUT2D eigenvalue weighted by Crippen LogP contribution is -2.14. The van der Waals surface area contributed by atoms with Gasteiger partial charge < -0.3 is 10.1 Å². The molecule has 0 spiro atoms. The summed E-state index contributed by atoms with van der Waals surface area (Å²) in [6.07, 6.45) is 2.47. The number of benzene rings is 2. The number of carbonyl (C=O) groups is 1. The minimum Gasteiger partial charge on any atom is -0.497 e. The van der Waals surface area contributed by atoms with Gasteiger partial charge in [-0.15, -0.1) is 0 Å². The molecular weight excluding hydrogens is 378 g/mol. The molecule has 8 heteroatoms. The molecule has 144 valence electrons. The summed E-state index contributed by atoms with van der Waals surface area (Å²) in [4.78, 5) is 21.0. The first kappa shape index (κ1) is 19.5. The maximum atomic E-state index is 12.6. The number of hydrogen-bond acceptors (Lipinski definition) is 6. The third-order valence-electron chi connectivity index (χ3n) is 4.14. The van der Waals surface area contributed by atoms with Gasteiger partial charge >= 0.3 is 0 Å². The standard InChI is InChI=1S/C20H19N3O4S/c1-13-4-5-15(10-18(13)28(3,25)26)20(24)23-19-11-17(21-12-22-19)14-6-8-16(27-2)9-7-14/h4-12H,1-3H3,(H,21,22,23,24). The summed E-state index contributed by atoms with van der Waals surface area (Å²) in [5.41, 5.74) is 2.29. The van der Waals surface area contributed by atoms with E-state index in [-0.39, 0.29) is 10.5 Å². The van der Waals surface area contributed by atoms with Crippen LogP contribution in [0.4, 0.5) is 5.82 Å². The fraction of sp³-hybridized carbons (Fsp3) is 0.150. The second-order valence-electron chi connectivity index (χ2n) is 6.22. The summed E-state index contributed by atoms with van der Waals surface area (Å²) in [7, 11) is -1.84. The molecule has 0 atom stereocenters. The van der Waals surface area contributed by atoms with Crippen molar-refractivity contribution in [2.75, 3.05) is 18.7 Å². The predicted molar refractivity (Wildman–Crippen MR) is 106 cm³/mol. The van der Waals surface area contributed by atoms with E-state index in [4.69, 9.17) is 4.74 Å². The Balaban J connectivity index is 1.85. The normalized spacial score (nSPS) is 11.1. The zero-order valence-corrected chi connectivity index (χ0v) is 16.4. The summed E-state index contributed by atoms with van der Waals surface area (Å²) < 4.78 is 28.9. The molecule has 1 amide bonds. The summed E-state index contributed by atoms with van der Waals surface area (Å²) in [6.45, 7) is 1.68. The lowest BCUT2D eigenvalue weighted by molar-refractivity contribution is 0.102. The average Bonchev–Trinajstić information content (AvgIpc) is 2.67. The molecule has 0 saturated heterocycles. The molecule has 1 aromatic heterocycles. The number of nitrogens with zero attached hydrogens (tertiary/aromatic N) is 2. The summed E-state index contributed by atoms with van der Waals surface area (Å²) in [5, 5.41) is 2.68. The van der Waals surface area contributed by atoms with Crippen molar-refractivity contribution in [1.82, 2.24) is 9.97 Å². The SMILES string of the molecule is COc1ccc(-c2cc(NC(=O)c3ccc(C)c(S(C)(=O)=O)c3)ncn2)cc1. The number of nitrogens with one attached hydrogen (secondary N) is 1. The van der Waals surface area contributed by atoms with Gasteiger partial charge in [-0.05, 0) is 48.9 Å². The van der Waals surface area contributed by atoms with Crippen molar-refractivity contribution in [3.05, 3.63) is 66.0 Å². The van der Waals surface area contributed by atoms with Crippen LogP contribution in [-0.4, -0.2) is 37.7 Å². The molecule has 0 bridgehead atoms. The van der Waals surface area contributed by atoms with Crippen LogP contribution < -0.4 is 10.1 Å². The summed E-state index contributed by atoms with van der Waals surface area (Å²) >= 11 is 0. The Morgan fingerprint density at radius 1 is 1.04 bits per heavy atom. The van der Waals surface area contributed by atoms with Gasteiger partial charge in [0.25, 0.3) is 5.91 Å². The largest absolute Gasteiger partial charge is 0.497 e. The molecule has 0 aliphatic heterocycles. The topological polar surface area (TPSA) is 98.2 Å². The number of aromatic nitrogens is 2. The molecule has 2 aromatic carbocycles. The molecule has 0 saturated carbocycles. The first-order chi connectivity index (χ1) is 13.3. The van der Waals surface area contributed by atoms with Crippen LogP contribution in [0.2, 0.25) is 0 Å². The minimum atomic E-state index is -3.43. The van der Waals surface area contributed by atoms with Crippen LogP contribution in [0, 0.1) is 6.92 Å². The lowest BCUT2D eigenvalue weighted by Gasteiger charge is -2.09. The number of rotatable bonds is 5. The van der Waals surface area contributed by atoms with Crippen LogP contribution in [0.5, 0.6) is 5.75 Å². The van der Waals surface area contributed by atoms with Gasteiger partial charge in [-0.3, -0.25) is 4.79 Å². The second-order valence-corrected chi connectivity index (χ2v) is 8.21. The number of methoxy groups -OCH3 is 1. The first-order valence-electron chi connectivity index (χ1n) is 8.36. The molecule has 0 unspecified atom stereocenters. The zero-order valence-electron chi connectivity index (χ0n) is 15.6. The molecule has 0 aliphatic carbocycles. The van der Waals surface area contributed by atoms with Crippen molar-refractivity contribution in [3.8, 4) is 17.0 Å². The molecule has 0 fully saturated rings. The fourth-order valence-electron chi connectivity index (χ4n) is 2.67. The van der Waals surface area contributed by atoms with E-state index < -0.39 is 15.7 Å². The van der Waals surface area contributed by atoms with Crippen LogP contribution >= 0.6 is 0 Å². The van der Waals surface area contributed by atoms with Crippen LogP contribution in [0.15, 0.2) is 59.8 Å². The van der Waals surface area contributed by atoms with Crippen LogP contribution in [0.1, 0.15) is 15.9 Å². The van der Waals surface area contributed by atoms with Gasteiger partial charge in [0.1, 0.15) is 17.9 Å². The highest BCUT2D eigenvalue weighted by Gasteiger charge is 2.15. The fourth-order valence-corrected chi connectivity index (χ4v) is 3.67. The molecule has 7 nitrogen and oxygen atoms in total. The van der Waals surface area contributed by atoms with Gasteiger partial charge in [0, 0.05) is 23.4 Å². The Bertz CT molecular complexity index is 1130. The van der Waals surface area contributed by atoms with Crippen molar-refractivity contribution in [3.63, 3.8) is 0 Å². The zero-order chi connectivity index (χ0) is 20.3. The maximum absolute atomic E-state index is 12.6. The van der Waals surface area contributed by atoms with Gasteiger partial charge in [-0.1, -0.05) is 6.07 Å². The molecular formula is C20H19N3O4S. The Kier molecular flexibility index (Phi) is 5.41. The minimum absolute atomic E-state index is 0.127. The number of sulfone groups is 1. The quantitative estimate of drug-likeness (QED) is 0.710. The van der Waals surface area contributed by atoms with E-state index >= 15 is 0 Å². The number of carbonyl (C=O) groups excluding carboxylic acids is 1. The van der Waals surface area contributed by atoms with E-state index in [2.05, 4.69) is 15.3 Å². The number of anilines is 1. The Morgan fingerprint density at radius 2 is 1.75 bits per heavy atom. The molecule has 3 aromatic rings. The van der Waals surface area contributed by atoms with Crippen LogP contribution in [0.25, 0.3) is 11.3 Å². The third-order valence-corrected chi connectivity index (χ3v) is 5.38. The summed E-state index contributed by atoms with van der Waals surface area (Å²) in [6, 6.07) is 13.5. The monoisotopic (exact) mass is 397 g/mol. The van der Waals surface area contributed by atoms with E-state index in [9.17, 15) is 13.2 Å². The van der Waals surface area contributed by atoms with Gasteiger partial charge in [-0.2, -0.15) is 0 Å². The average molecular weight is 397 g/mol. The van der Waals surface area contributed by atoms with E-state index in [1.807, 2.05) is 24.3 Å². The first-order valence-corrected chi connectivity index (χ1v) is 10.3. The second kappa shape index (κ2) is 7.77. The highest BCUT2D eigenvalue weighted by Crippen LogP contribution is 2.22. The number of amides is 1. The molecule has 0 aliphatic rings. The smallest absolute Gasteiger partial charge is 0.256 e. The van der Waals surface area contributed by atoms with Gasteiger partial charge in [0.2, 0.25) is 0 Å². The van der Waals surface area contributed by atoms with Crippen molar-refractivity contribution in [1.29, 1.82) is 0 Å². The highest BCUT2D eigenvalue weighted by atomic mass is 32.2. The van der Waals surface area contributed by atoms with Gasteiger partial charge in [0.05, 0.1) is 17.7 Å². The molecule has 0 radical (unpaired) electrons. The van der Waals surface area contributed by atoms with Crippen LogP contribution in [0.3, 0.4) is 0 Å². The Labute approximate surface area is 163 Å². The Morgan fingerprint density at radius 3 is 2.39 bits per heavy atom. The summed E-state index contributed by atoms with van der Waals surface area (Å²) in [5.74, 6) is 0.587. The third kappa shape index (κ3) is 4.34. The van der Waals surface area contributed by atoms with E-state index in [0.29, 0.717) is 17.1 Å². The van der Waals surface area contributed by atoms with E-state index in [1.54, 1.807) is 32.2 Å². The number of aryl methyl sites for hydroxylation is 1. The molecule has 1 N–H and O–H groups in total. The number of ether oxygens (including phenoxy) is 1. The Hall–Kier alpha value is -3.26. The maximum Gasteiger partial charge on any atom is 0.256 e. The predicted octanol–water partition coefficient (Wildman–Crippen LogP) is 3.12. The van der Waals surface area contributed by atoms with Crippen molar-refractivity contribution in [2.45, 2.75) is 11.8 Å². The van der Waals surface area contributed by atoms with Crippen molar-refractivity contribution < 1.29 is 17.9 Å². The van der Waals surface area contributed by atoms with Crippen molar-refractivity contribution in [2.24, 2.45) is 0 Å². The van der Waals surface area contributed by atoms with E-state index in [1.165, 1.54) is 12.4 Å². The molecule has 1 heterocycles. The number of hydrogen-bond donors (Lipinski definition) is 1. The van der Waals surface area contributed by atoms with Crippen molar-refractivity contribution >= 4 is 21.6 Å². The molecule has 3 rings (SSSR count). The lowest BCUT2D eigenvalue weighted by atomic mass is 10.1.